The van der Waals surface area contributed by atoms with Gasteiger partial charge in [0.25, 0.3) is 0 Å². The van der Waals surface area contributed by atoms with E-state index in [1.54, 1.807) is 6.92 Å². The van der Waals surface area contributed by atoms with Crippen molar-refractivity contribution in [3.63, 3.8) is 0 Å². The molecule has 4 rings (SSSR count). The highest BCUT2D eigenvalue weighted by atomic mass is 16.2. The van der Waals surface area contributed by atoms with E-state index in [2.05, 4.69) is 16.8 Å². The van der Waals surface area contributed by atoms with E-state index in [9.17, 15) is 9.59 Å². The standard InChI is InChI=1S/C22H33N5O2/c1-3-19-6-4-5-9-26(19)15-21(29)27-10-7-17(13-27)22-23-12-18-14-25(16(2)28)11-8-20(18)24-22/h12,17,19H,3-11,13-15H2,1-2H3/t17-,19+/m1/s1. The van der Waals surface area contributed by atoms with Crippen molar-refractivity contribution in [1.82, 2.24) is 24.7 Å². The zero-order chi connectivity index (χ0) is 20.4. The van der Waals surface area contributed by atoms with Gasteiger partial charge in [-0.05, 0) is 32.2 Å². The summed E-state index contributed by atoms with van der Waals surface area (Å²) < 4.78 is 0. The fraction of sp³-hybridized carbons (Fsp3) is 0.727. The van der Waals surface area contributed by atoms with E-state index in [0.29, 0.717) is 19.1 Å². The second-order valence-electron chi connectivity index (χ2n) is 8.74. The third-order valence-electron chi connectivity index (χ3n) is 6.86. The predicted octanol–water partition coefficient (Wildman–Crippen LogP) is 1.96. The van der Waals surface area contributed by atoms with Crippen LogP contribution in [0.3, 0.4) is 0 Å². The number of carbonyl (C=O) groups is 2. The number of fused-ring (bicyclic) bond motifs is 1. The summed E-state index contributed by atoms with van der Waals surface area (Å²) in [5, 5.41) is 0. The zero-order valence-electron chi connectivity index (χ0n) is 17.8. The SMILES string of the molecule is CC[C@H]1CCCCN1CC(=O)N1CC[C@@H](c2ncc3c(n2)CCN(C(C)=O)C3)C1. The molecule has 3 aliphatic rings. The minimum atomic E-state index is 0.101. The maximum Gasteiger partial charge on any atom is 0.236 e. The second-order valence-corrected chi connectivity index (χ2v) is 8.74. The van der Waals surface area contributed by atoms with Gasteiger partial charge in [-0.25, -0.2) is 9.97 Å². The first-order valence-corrected chi connectivity index (χ1v) is 11.2. The van der Waals surface area contributed by atoms with Crippen LogP contribution >= 0.6 is 0 Å². The zero-order valence-corrected chi connectivity index (χ0v) is 17.8. The number of amides is 2. The molecule has 0 aliphatic carbocycles. The molecule has 1 aromatic rings. The average Bonchev–Trinajstić information content (AvgIpc) is 3.24. The Kier molecular flexibility index (Phi) is 6.13. The Bertz CT molecular complexity index is 768. The minimum absolute atomic E-state index is 0.101. The molecule has 0 saturated carbocycles. The Morgan fingerprint density at radius 3 is 2.79 bits per heavy atom. The van der Waals surface area contributed by atoms with Crippen molar-refractivity contribution < 1.29 is 9.59 Å². The number of nitrogens with zero attached hydrogens (tertiary/aromatic N) is 5. The molecule has 3 aliphatic heterocycles. The molecule has 0 aromatic carbocycles. The Morgan fingerprint density at radius 1 is 1.14 bits per heavy atom. The number of piperidine rings is 1. The minimum Gasteiger partial charge on any atom is -0.341 e. The lowest BCUT2D eigenvalue weighted by molar-refractivity contribution is -0.132. The molecule has 0 bridgehead atoms. The van der Waals surface area contributed by atoms with Crippen LogP contribution in [0.4, 0.5) is 0 Å². The third-order valence-corrected chi connectivity index (χ3v) is 6.86. The van der Waals surface area contributed by atoms with Crippen LogP contribution < -0.4 is 0 Å². The van der Waals surface area contributed by atoms with Crippen molar-refractivity contribution in [2.24, 2.45) is 0 Å². The van der Waals surface area contributed by atoms with Crippen LogP contribution in [0.25, 0.3) is 0 Å². The first-order valence-electron chi connectivity index (χ1n) is 11.2. The van der Waals surface area contributed by atoms with E-state index in [-0.39, 0.29) is 17.7 Å². The van der Waals surface area contributed by atoms with E-state index in [1.807, 2.05) is 16.0 Å². The second kappa shape index (κ2) is 8.78. The Morgan fingerprint density at radius 2 is 2.00 bits per heavy atom. The van der Waals surface area contributed by atoms with Gasteiger partial charge in [0.05, 0.1) is 12.2 Å². The lowest BCUT2D eigenvalue weighted by Crippen LogP contribution is -2.46. The van der Waals surface area contributed by atoms with E-state index in [1.165, 1.54) is 19.3 Å². The maximum atomic E-state index is 12.9. The fourth-order valence-corrected chi connectivity index (χ4v) is 5.00. The van der Waals surface area contributed by atoms with E-state index < -0.39 is 0 Å². The topological polar surface area (TPSA) is 69.6 Å². The Labute approximate surface area is 173 Å². The van der Waals surface area contributed by atoms with Gasteiger partial charge in [0.15, 0.2) is 0 Å². The molecule has 7 heteroatoms. The van der Waals surface area contributed by atoms with E-state index in [4.69, 9.17) is 4.98 Å². The lowest BCUT2D eigenvalue weighted by atomic mass is 10.00. The summed E-state index contributed by atoms with van der Waals surface area (Å²) in [6, 6.07) is 0.560. The molecule has 2 saturated heterocycles. The van der Waals surface area contributed by atoms with Gasteiger partial charge in [0.2, 0.25) is 11.8 Å². The molecule has 2 atom stereocenters. The number of aromatic nitrogens is 2. The number of hydrogen-bond acceptors (Lipinski definition) is 5. The molecule has 0 N–H and O–H groups in total. The number of rotatable bonds is 4. The van der Waals surface area contributed by atoms with Crippen molar-refractivity contribution in [1.29, 1.82) is 0 Å². The Hall–Kier alpha value is -2.02. The Balaban J connectivity index is 1.36. The summed E-state index contributed by atoms with van der Waals surface area (Å²) in [6.07, 6.45) is 8.44. The maximum absolute atomic E-state index is 12.9. The van der Waals surface area contributed by atoms with Gasteiger partial charge in [-0.1, -0.05) is 13.3 Å². The summed E-state index contributed by atoms with van der Waals surface area (Å²) in [5.74, 6) is 1.43. The summed E-state index contributed by atoms with van der Waals surface area (Å²) in [5.41, 5.74) is 2.12. The third kappa shape index (κ3) is 4.44. The first kappa shape index (κ1) is 20.3. The highest BCUT2D eigenvalue weighted by Crippen LogP contribution is 2.27. The molecule has 7 nitrogen and oxygen atoms in total. The van der Waals surface area contributed by atoms with Gasteiger partial charge in [-0.3, -0.25) is 14.5 Å². The lowest BCUT2D eigenvalue weighted by Gasteiger charge is -2.35. The van der Waals surface area contributed by atoms with Crippen LogP contribution in [0.1, 0.15) is 69.0 Å². The van der Waals surface area contributed by atoms with Crippen LogP contribution in [0.15, 0.2) is 6.20 Å². The molecule has 0 unspecified atom stereocenters. The monoisotopic (exact) mass is 399 g/mol. The molecule has 29 heavy (non-hydrogen) atoms. The largest absolute Gasteiger partial charge is 0.341 e. The summed E-state index contributed by atoms with van der Waals surface area (Å²) in [6.45, 7) is 8.29. The molecular formula is C22H33N5O2. The van der Waals surface area contributed by atoms with Gasteiger partial charge in [-0.2, -0.15) is 0 Å². The first-order chi connectivity index (χ1) is 14.0. The quantitative estimate of drug-likeness (QED) is 0.774. The van der Waals surface area contributed by atoms with Gasteiger partial charge in [0, 0.05) is 63.2 Å². The van der Waals surface area contributed by atoms with Gasteiger partial charge < -0.3 is 9.80 Å². The highest BCUT2D eigenvalue weighted by molar-refractivity contribution is 5.78. The number of hydrogen-bond donors (Lipinski definition) is 0. The molecule has 0 radical (unpaired) electrons. The van der Waals surface area contributed by atoms with Crippen LogP contribution in [-0.4, -0.2) is 75.2 Å². The summed E-state index contributed by atoms with van der Waals surface area (Å²) in [4.78, 5) is 40.2. The highest BCUT2D eigenvalue weighted by Gasteiger charge is 2.32. The van der Waals surface area contributed by atoms with Crippen molar-refractivity contribution in [2.75, 3.05) is 32.7 Å². The summed E-state index contributed by atoms with van der Waals surface area (Å²) in [7, 11) is 0. The van der Waals surface area contributed by atoms with Crippen molar-refractivity contribution in [3.8, 4) is 0 Å². The smallest absolute Gasteiger partial charge is 0.236 e. The van der Waals surface area contributed by atoms with Gasteiger partial charge >= 0.3 is 0 Å². The van der Waals surface area contributed by atoms with Crippen molar-refractivity contribution >= 4 is 11.8 Å². The average molecular weight is 400 g/mol. The summed E-state index contributed by atoms with van der Waals surface area (Å²) >= 11 is 0. The molecule has 0 spiro atoms. The molecule has 158 valence electrons. The number of likely N-dealkylation sites (tertiary alicyclic amines) is 2. The van der Waals surface area contributed by atoms with Crippen molar-refractivity contribution in [2.45, 2.75) is 70.9 Å². The predicted molar refractivity (Wildman–Crippen MR) is 110 cm³/mol. The van der Waals surface area contributed by atoms with Crippen LogP contribution in [0, 0.1) is 0 Å². The molecule has 1 aromatic heterocycles. The molecular weight excluding hydrogens is 366 g/mol. The molecule has 4 heterocycles. The van der Waals surface area contributed by atoms with E-state index >= 15 is 0 Å². The van der Waals surface area contributed by atoms with Gasteiger partial charge in [-0.15, -0.1) is 0 Å². The fourth-order valence-electron chi connectivity index (χ4n) is 5.00. The van der Waals surface area contributed by atoms with Gasteiger partial charge in [0.1, 0.15) is 5.82 Å². The van der Waals surface area contributed by atoms with Crippen LogP contribution in [0.5, 0.6) is 0 Å². The molecule has 2 fully saturated rings. The van der Waals surface area contributed by atoms with Crippen LogP contribution in [-0.2, 0) is 22.6 Å². The molecule has 2 amide bonds. The van der Waals surface area contributed by atoms with Crippen molar-refractivity contribution in [3.05, 3.63) is 23.3 Å². The van der Waals surface area contributed by atoms with E-state index in [0.717, 1.165) is 62.5 Å². The van der Waals surface area contributed by atoms with Crippen LogP contribution in [0.2, 0.25) is 0 Å². The normalized spacial score (nSPS) is 25.2. The number of carbonyl (C=O) groups excluding carboxylic acids is 2.